The second-order valence-electron chi connectivity index (χ2n) is 13.0. The number of furan rings is 1. The first-order valence-corrected chi connectivity index (χ1v) is 17.2. The van der Waals surface area contributed by atoms with Gasteiger partial charge in [0.15, 0.2) is 5.82 Å². The minimum Gasteiger partial charge on any atom is -0.456 e. The van der Waals surface area contributed by atoms with E-state index in [0.29, 0.717) is 5.82 Å². The van der Waals surface area contributed by atoms with Crippen LogP contribution < -0.4 is 0 Å². The van der Waals surface area contributed by atoms with E-state index in [1.165, 1.54) is 27.1 Å². The molecule has 3 nitrogen and oxygen atoms in total. The molecule has 0 spiro atoms. The van der Waals surface area contributed by atoms with Gasteiger partial charge in [0.05, 0.1) is 11.4 Å². The second-order valence-corrected chi connectivity index (χ2v) is 13.0. The molecule has 0 saturated heterocycles. The largest absolute Gasteiger partial charge is 0.456 e. The highest BCUT2D eigenvalue weighted by atomic mass is 16.3. The monoisotopic (exact) mass is 650 g/mol. The van der Waals surface area contributed by atoms with Gasteiger partial charge >= 0.3 is 0 Å². The Kier molecular flexibility index (Phi) is 6.81. The fourth-order valence-corrected chi connectivity index (χ4v) is 7.37. The third-order valence-corrected chi connectivity index (χ3v) is 9.85. The molecule has 0 aliphatic carbocycles. The van der Waals surface area contributed by atoms with Crippen LogP contribution in [0.15, 0.2) is 186 Å². The SMILES string of the molecule is c1ccc(-c2cc(-c3cc(-c4ccc5oc6ccc7ccccc7c6c5c4)cc(-c4cccc5ccccc45)c3)nc(-c3ccccc3)n2)cc1. The van der Waals surface area contributed by atoms with Gasteiger partial charge in [0.25, 0.3) is 0 Å². The molecule has 0 aliphatic heterocycles. The fourth-order valence-electron chi connectivity index (χ4n) is 7.37. The molecule has 0 saturated carbocycles. The van der Waals surface area contributed by atoms with Crippen LogP contribution in [0.3, 0.4) is 0 Å². The molecule has 0 unspecified atom stereocenters. The van der Waals surface area contributed by atoms with E-state index in [0.717, 1.165) is 66.7 Å². The van der Waals surface area contributed by atoms with Crippen LogP contribution in [0.25, 0.3) is 99.6 Å². The van der Waals surface area contributed by atoms with Crippen LogP contribution in [-0.4, -0.2) is 9.97 Å². The third-order valence-electron chi connectivity index (χ3n) is 9.85. The average molecular weight is 651 g/mol. The molecule has 2 heterocycles. The Morgan fingerprint density at radius 1 is 0.333 bits per heavy atom. The Hall–Kier alpha value is -6.84. The van der Waals surface area contributed by atoms with Crippen molar-refractivity contribution in [1.82, 2.24) is 9.97 Å². The van der Waals surface area contributed by atoms with Crippen LogP contribution >= 0.6 is 0 Å². The molecule has 0 atom stereocenters. The molecule has 8 aromatic carbocycles. The van der Waals surface area contributed by atoms with Gasteiger partial charge in [0.2, 0.25) is 0 Å². The number of nitrogens with zero attached hydrogens (tertiary/aromatic N) is 2. The zero-order chi connectivity index (χ0) is 33.7. The Morgan fingerprint density at radius 2 is 0.941 bits per heavy atom. The highest BCUT2D eigenvalue weighted by molar-refractivity contribution is 6.19. The molecule has 10 rings (SSSR count). The average Bonchev–Trinajstić information content (AvgIpc) is 3.59. The molecular formula is C48H30N2O. The summed E-state index contributed by atoms with van der Waals surface area (Å²) in [5.74, 6) is 0.697. The fraction of sp³-hybridized carbons (Fsp3) is 0. The summed E-state index contributed by atoms with van der Waals surface area (Å²) >= 11 is 0. The molecule has 2 aromatic heterocycles. The number of aromatic nitrogens is 2. The summed E-state index contributed by atoms with van der Waals surface area (Å²) in [4.78, 5) is 10.3. The highest BCUT2D eigenvalue weighted by Crippen LogP contribution is 2.40. The molecule has 10 aromatic rings. The molecule has 0 radical (unpaired) electrons. The quantitative estimate of drug-likeness (QED) is 0.186. The van der Waals surface area contributed by atoms with Crippen LogP contribution in [0.4, 0.5) is 0 Å². The van der Waals surface area contributed by atoms with Crippen molar-refractivity contribution in [3.8, 4) is 56.2 Å². The van der Waals surface area contributed by atoms with E-state index in [4.69, 9.17) is 14.4 Å². The summed E-state index contributed by atoms with van der Waals surface area (Å²) in [6.45, 7) is 0. The summed E-state index contributed by atoms with van der Waals surface area (Å²) in [5, 5.41) is 7.07. The zero-order valence-electron chi connectivity index (χ0n) is 27.6. The van der Waals surface area contributed by atoms with Gasteiger partial charge in [-0.15, -0.1) is 0 Å². The van der Waals surface area contributed by atoms with Crippen LogP contribution in [-0.2, 0) is 0 Å². The third kappa shape index (κ3) is 5.15. The van der Waals surface area contributed by atoms with Crippen LogP contribution in [0.1, 0.15) is 0 Å². The van der Waals surface area contributed by atoms with Crippen molar-refractivity contribution in [2.45, 2.75) is 0 Å². The minimum absolute atomic E-state index is 0.697. The second kappa shape index (κ2) is 11.9. The first kappa shape index (κ1) is 29.1. The lowest BCUT2D eigenvalue weighted by Crippen LogP contribution is -1.96. The van der Waals surface area contributed by atoms with E-state index in [1.807, 2.05) is 24.3 Å². The van der Waals surface area contributed by atoms with Gasteiger partial charge in [-0.05, 0) is 86.3 Å². The molecule has 0 fully saturated rings. The van der Waals surface area contributed by atoms with E-state index in [2.05, 4.69) is 158 Å². The van der Waals surface area contributed by atoms with Crippen LogP contribution in [0.2, 0.25) is 0 Å². The number of fused-ring (bicyclic) bond motifs is 6. The molecule has 0 N–H and O–H groups in total. The highest BCUT2D eigenvalue weighted by Gasteiger charge is 2.16. The first-order valence-electron chi connectivity index (χ1n) is 17.2. The van der Waals surface area contributed by atoms with Gasteiger partial charge in [-0.2, -0.15) is 0 Å². The van der Waals surface area contributed by atoms with Crippen molar-refractivity contribution in [3.05, 3.63) is 182 Å². The molecule has 0 aliphatic rings. The van der Waals surface area contributed by atoms with Gasteiger partial charge in [0, 0.05) is 27.5 Å². The predicted octanol–water partition coefficient (Wildman–Crippen LogP) is 13.0. The van der Waals surface area contributed by atoms with Gasteiger partial charge in [0.1, 0.15) is 11.2 Å². The standard InChI is InChI=1S/C48H30N2O/c1-3-14-33(15-4-1)43-30-44(50-48(49-43)34-16-5-2-6-17-34)38-27-36(26-37(28-38)40-21-11-18-31-12-7-9-19-39(31)40)35-23-24-45-42(29-35)47-41-20-10-8-13-32(41)22-25-46(47)51-45/h1-30H. The molecule has 0 amide bonds. The van der Waals surface area contributed by atoms with Crippen molar-refractivity contribution in [3.63, 3.8) is 0 Å². The molecule has 0 bridgehead atoms. The minimum atomic E-state index is 0.697. The Morgan fingerprint density at radius 3 is 1.75 bits per heavy atom. The van der Waals surface area contributed by atoms with Gasteiger partial charge < -0.3 is 4.42 Å². The lowest BCUT2D eigenvalue weighted by Gasteiger charge is -2.14. The maximum atomic E-state index is 6.38. The maximum absolute atomic E-state index is 6.38. The number of rotatable bonds is 5. The van der Waals surface area contributed by atoms with Crippen molar-refractivity contribution in [2.24, 2.45) is 0 Å². The van der Waals surface area contributed by atoms with E-state index >= 15 is 0 Å². The summed E-state index contributed by atoms with van der Waals surface area (Å²) in [6.07, 6.45) is 0. The van der Waals surface area contributed by atoms with Crippen LogP contribution in [0.5, 0.6) is 0 Å². The lowest BCUT2D eigenvalue weighted by atomic mass is 9.91. The summed E-state index contributed by atoms with van der Waals surface area (Å²) in [7, 11) is 0. The van der Waals surface area contributed by atoms with Gasteiger partial charge in [-0.25, -0.2) is 9.97 Å². The Balaban J connectivity index is 1.23. The number of hydrogen-bond acceptors (Lipinski definition) is 3. The van der Waals surface area contributed by atoms with Crippen molar-refractivity contribution in [1.29, 1.82) is 0 Å². The maximum Gasteiger partial charge on any atom is 0.160 e. The van der Waals surface area contributed by atoms with E-state index in [-0.39, 0.29) is 0 Å². The van der Waals surface area contributed by atoms with Gasteiger partial charge in [-0.1, -0.05) is 140 Å². The van der Waals surface area contributed by atoms with Gasteiger partial charge in [-0.3, -0.25) is 0 Å². The first-order chi connectivity index (χ1) is 25.2. The smallest absolute Gasteiger partial charge is 0.160 e. The zero-order valence-corrected chi connectivity index (χ0v) is 27.6. The lowest BCUT2D eigenvalue weighted by molar-refractivity contribution is 0.669. The summed E-state index contributed by atoms with van der Waals surface area (Å²) in [6, 6.07) is 64.0. The normalized spacial score (nSPS) is 11.5. The Labute approximate surface area is 295 Å². The molecule has 51 heavy (non-hydrogen) atoms. The van der Waals surface area contributed by atoms with Crippen molar-refractivity contribution >= 4 is 43.5 Å². The summed E-state index contributed by atoms with van der Waals surface area (Å²) < 4.78 is 6.38. The van der Waals surface area contributed by atoms with Crippen molar-refractivity contribution < 1.29 is 4.42 Å². The van der Waals surface area contributed by atoms with E-state index in [1.54, 1.807) is 0 Å². The van der Waals surface area contributed by atoms with E-state index in [9.17, 15) is 0 Å². The molecular weight excluding hydrogens is 621 g/mol. The number of hydrogen-bond donors (Lipinski definition) is 0. The van der Waals surface area contributed by atoms with E-state index < -0.39 is 0 Å². The topological polar surface area (TPSA) is 38.9 Å². The predicted molar refractivity (Wildman–Crippen MR) is 212 cm³/mol. The summed E-state index contributed by atoms with van der Waals surface area (Å²) in [5.41, 5.74) is 11.1. The number of benzene rings is 8. The van der Waals surface area contributed by atoms with Crippen LogP contribution in [0, 0.1) is 0 Å². The Bertz CT molecular complexity index is 2850. The molecule has 238 valence electrons. The molecule has 3 heteroatoms. The van der Waals surface area contributed by atoms with Crippen molar-refractivity contribution in [2.75, 3.05) is 0 Å².